The molecule has 0 fully saturated rings. The molecule has 14 heavy (non-hydrogen) atoms. The summed E-state index contributed by atoms with van der Waals surface area (Å²) < 4.78 is 0. The first-order valence-corrected chi connectivity index (χ1v) is 5.13. The molecule has 0 bridgehead atoms. The van der Waals surface area contributed by atoms with E-state index in [1.54, 1.807) is 13.8 Å². The summed E-state index contributed by atoms with van der Waals surface area (Å²) >= 11 is 0. The number of carbonyl (C=O) groups is 1. The molecule has 0 aliphatic carbocycles. The molecule has 0 unspecified atom stereocenters. The molecule has 0 saturated carbocycles. The van der Waals surface area contributed by atoms with Crippen molar-refractivity contribution in [2.45, 2.75) is 53.1 Å². The van der Waals surface area contributed by atoms with Gasteiger partial charge in [-0.05, 0) is 26.7 Å². The predicted molar refractivity (Wildman–Crippen MR) is 58.0 cm³/mol. The zero-order valence-corrected chi connectivity index (χ0v) is 9.98. The van der Waals surface area contributed by atoms with Gasteiger partial charge in [0.15, 0.2) is 0 Å². The Morgan fingerprint density at radius 2 is 1.71 bits per heavy atom. The SMILES string of the molecule is CC(C)(O)CCCNC(=O)C(C)(C)C. The van der Waals surface area contributed by atoms with E-state index in [0.717, 1.165) is 6.42 Å². The quantitative estimate of drug-likeness (QED) is 0.680. The second-order valence-electron chi connectivity index (χ2n) is 5.42. The lowest BCUT2D eigenvalue weighted by Crippen LogP contribution is -2.35. The average molecular weight is 201 g/mol. The topological polar surface area (TPSA) is 49.3 Å². The molecule has 2 N–H and O–H groups in total. The van der Waals surface area contributed by atoms with E-state index in [1.165, 1.54) is 0 Å². The van der Waals surface area contributed by atoms with Crippen molar-refractivity contribution in [3.8, 4) is 0 Å². The molecule has 0 saturated heterocycles. The fourth-order valence-electron chi connectivity index (χ4n) is 0.988. The number of carbonyl (C=O) groups excluding carboxylic acids is 1. The van der Waals surface area contributed by atoms with Crippen LogP contribution in [0, 0.1) is 5.41 Å². The summed E-state index contributed by atoms with van der Waals surface area (Å²) in [7, 11) is 0. The Morgan fingerprint density at radius 1 is 1.21 bits per heavy atom. The highest BCUT2D eigenvalue weighted by Crippen LogP contribution is 2.13. The van der Waals surface area contributed by atoms with Crippen LogP contribution in [0.5, 0.6) is 0 Å². The molecule has 0 atom stereocenters. The third kappa shape index (κ3) is 6.89. The molecule has 0 aliphatic heterocycles. The van der Waals surface area contributed by atoms with Crippen molar-refractivity contribution in [2.75, 3.05) is 6.54 Å². The summed E-state index contributed by atoms with van der Waals surface area (Å²) in [6, 6.07) is 0. The van der Waals surface area contributed by atoms with Crippen LogP contribution in [0.3, 0.4) is 0 Å². The van der Waals surface area contributed by atoms with E-state index < -0.39 is 5.60 Å². The highest BCUT2D eigenvalue weighted by atomic mass is 16.3. The third-order valence-corrected chi connectivity index (χ3v) is 1.93. The van der Waals surface area contributed by atoms with Gasteiger partial charge in [0.25, 0.3) is 0 Å². The Balaban J connectivity index is 3.62. The van der Waals surface area contributed by atoms with Crippen LogP contribution < -0.4 is 5.32 Å². The first kappa shape index (κ1) is 13.4. The summed E-state index contributed by atoms with van der Waals surface area (Å²) in [6.07, 6.45) is 1.52. The molecule has 0 aromatic carbocycles. The van der Waals surface area contributed by atoms with Gasteiger partial charge in [-0.1, -0.05) is 20.8 Å². The first-order valence-electron chi connectivity index (χ1n) is 5.13. The Morgan fingerprint density at radius 3 is 2.07 bits per heavy atom. The largest absolute Gasteiger partial charge is 0.390 e. The van der Waals surface area contributed by atoms with Crippen molar-refractivity contribution in [1.29, 1.82) is 0 Å². The monoisotopic (exact) mass is 201 g/mol. The summed E-state index contributed by atoms with van der Waals surface area (Å²) in [5, 5.41) is 12.3. The van der Waals surface area contributed by atoms with Gasteiger partial charge in [-0.3, -0.25) is 4.79 Å². The molecule has 0 aromatic rings. The van der Waals surface area contributed by atoms with Crippen LogP contribution in [0.4, 0.5) is 0 Å². The third-order valence-electron chi connectivity index (χ3n) is 1.93. The Hall–Kier alpha value is -0.570. The molecule has 1 amide bonds. The van der Waals surface area contributed by atoms with Gasteiger partial charge in [-0.15, -0.1) is 0 Å². The molecule has 3 heteroatoms. The van der Waals surface area contributed by atoms with Crippen LogP contribution in [0.25, 0.3) is 0 Å². The summed E-state index contributed by atoms with van der Waals surface area (Å²) in [5.41, 5.74) is -0.957. The maximum Gasteiger partial charge on any atom is 0.225 e. The van der Waals surface area contributed by atoms with Gasteiger partial charge in [-0.25, -0.2) is 0 Å². The van der Waals surface area contributed by atoms with E-state index in [9.17, 15) is 9.90 Å². The molecule has 0 heterocycles. The van der Waals surface area contributed by atoms with Gasteiger partial charge in [-0.2, -0.15) is 0 Å². The molecule has 0 rings (SSSR count). The lowest BCUT2D eigenvalue weighted by molar-refractivity contribution is -0.128. The zero-order chi connectivity index (χ0) is 11.4. The smallest absolute Gasteiger partial charge is 0.225 e. The lowest BCUT2D eigenvalue weighted by Gasteiger charge is -2.19. The summed E-state index contributed by atoms with van der Waals surface area (Å²) in [6.45, 7) is 9.85. The van der Waals surface area contributed by atoms with Gasteiger partial charge in [0.05, 0.1) is 5.60 Å². The molecule has 0 radical (unpaired) electrons. The number of aliphatic hydroxyl groups is 1. The standard InChI is InChI=1S/C11H23NO2/c1-10(2,3)9(13)12-8-6-7-11(4,5)14/h14H,6-8H2,1-5H3,(H,12,13). The van der Waals surface area contributed by atoms with Crippen LogP contribution in [0.2, 0.25) is 0 Å². The minimum Gasteiger partial charge on any atom is -0.390 e. The van der Waals surface area contributed by atoms with Gasteiger partial charge in [0, 0.05) is 12.0 Å². The van der Waals surface area contributed by atoms with Crippen molar-refractivity contribution in [1.82, 2.24) is 5.32 Å². The van der Waals surface area contributed by atoms with E-state index in [-0.39, 0.29) is 11.3 Å². The lowest BCUT2D eigenvalue weighted by atomic mass is 9.95. The van der Waals surface area contributed by atoms with Gasteiger partial charge < -0.3 is 10.4 Å². The van der Waals surface area contributed by atoms with Gasteiger partial charge in [0.1, 0.15) is 0 Å². The number of rotatable bonds is 4. The van der Waals surface area contributed by atoms with Crippen molar-refractivity contribution in [3.05, 3.63) is 0 Å². The summed E-state index contributed by atoms with van der Waals surface area (Å²) in [5.74, 6) is 0.0632. The molecule has 84 valence electrons. The highest BCUT2D eigenvalue weighted by Gasteiger charge is 2.20. The molecular formula is C11H23NO2. The molecule has 0 aromatic heterocycles. The van der Waals surface area contributed by atoms with Crippen LogP contribution >= 0.6 is 0 Å². The molecule has 0 aliphatic rings. The van der Waals surface area contributed by atoms with Crippen LogP contribution in [-0.2, 0) is 4.79 Å². The van der Waals surface area contributed by atoms with E-state index in [0.29, 0.717) is 13.0 Å². The molecule has 0 spiro atoms. The van der Waals surface area contributed by atoms with E-state index in [2.05, 4.69) is 5.32 Å². The minimum atomic E-state index is -0.632. The number of hydrogen-bond donors (Lipinski definition) is 2. The van der Waals surface area contributed by atoms with Crippen molar-refractivity contribution < 1.29 is 9.90 Å². The maximum atomic E-state index is 11.4. The Labute approximate surface area is 86.9 Å². The second kappa shape index (κ2) is 4.78. The fourth-order valence-corrected chi connectivity index (χ4v) is 0.988. The van der Waals surface area contributed by atoms with Crippen molar-refractivity contribution in [3.63, 3.8) is 0 Å². The Bertz CT molecular complexity index is 186. The van der Waals surface area contributed by atoms with E-state index in [1.807, 2.05) is 20.8 Å². The molecule has 3 nitrogen and oxygen atoms in total. The second-order valence-corrected chi connectivity index (χ2v) is 5.42. The number of nitrogens with one attached hydrogen (secondary N) is 1. The summed E-state index contributed by atoms with van der Waals surface area (Å²) in [4.78, 5) is 11.4. The van der Waals surface area contributed by atoms with E-state index >= 15 is 0 Å². The molecular weight excluding hydrogens is 178 g/mol. The number of hydrogen-bond acceptors (Lipinski definition) is 2. The fraction of sp³-hybridized carbons (Fsp3) is 0.909. The van der Waals surface area contributed by atoms with Crippen LogP contribution in [0.1, 0.15) is 47.5 Å². The highest BCUT2D eigenvalue weighted by molar-refractivity contribution is 5.81. The van der Waals surface area contributed by atoms with Gasteiger partial charge >= 0.3 is 0 Å². The van der Waals surface area contributed by atoms with Crippen LogP contribution in [0.15, 0.2) is 0 Å². The average Bonchev–Trinajstić information content (AvgIpc) is 1.93. The predicted octanol–water partition coefficient (Wildman–Crippen LogP) is 1.70. The van der Waals surface area contributed by atoms with Crippen molar-refractivity contribution >= 4 is 5.91 Å². The van der Waals surface area contributed by atoms with Gasteiger partial charge in [0.2, 0.25) is 5.91 Å². The first-order chi connectivity index (χ1) is 6.13. The minimum absolute atomic E-state index is 0.0632. The normalized spacial score (nSPS) is 12.7. The maximum absolute atomic E-state index is 11.4. The van der Waals surface area contributed by atoms with Crippen molar-refractivity contribution in [2.24, 2.45) is 5.41 Å². The number of amides is 1. The van der Waals surface area contributed by atoms with E-state index in [4.69, 9.17) is 0 Å². The Kier molecular flexibility index (Phi) is 4.59. The van der Waals surface area contributed by atoms with Crippen LogP contribution in [-0.4, -0.2) is 23.2 Å². The zero-order valence-electron chi connectivity index (χ0n) is 9.98.